The maximum absolute atomic E-state index is 13.8. The molecule has 1 atom stereocenters. The number of hydrogen-bond donors (Lipinski definition) is 1. The quantitative estimate of drug-likeness (QED) is 0.244. The topological polar surface area (TPSA) is 49.4 Å². The first-order valence-corrected chi connectivity index (χ1v) is 14.9. The lowest BCUT2D eigenvalue weighted by molar-refractivity contribution is -0.141. The average Bonchev–Trinajstić information content (AvgIpc) is 3.42. The van der Waals surface area contributed by atoms with Crippen LogP contribution in [0.15, 0.2) is 77.7 Å². The van der Waals surface area contributed by atoms with E-state index in [1.807, 2.05) is 30.3 Å². The number of amides is 2. The molecule has 2 amide bonds. The van der Waals surface area contributed by atoms with Crippen molar-refractivity contribution in [1.82, 2.24) is 10.2 Å². The SMILES string of the molecule is Cc1ccc(SCCC(=O)N(Cc2c(Cl)cccc2Cl)[C@@H](Cc2ccccc2)C(=O)NC2CCCC2)cc1. The highest BCUT2D eigenvalue weighted by atomic mass is 35.5. The second-order valence-electron chi connectivity index (χ2n) is 9.83. The fourth-order valence-electron chi connectivity index (χ4n) is 4.81. The molecule has 4 rings (SSSR count). The zero-order valence-electron chi connectivity index (χ0n) is 21.7. The van der Waals surface area contributed by atoms with Crippen LogP contribution in [0.25, 0.3) is 0 Å². The van der Waals surface area contributed by atoms with Crippen LogP contribution in [0.1, 0.15) is 48.8 Å². The summed E-state index contributed by atoms with van der Waals surface area (Å²) in [5.74, 6) is 0.392. The molecule has 38 heavy (non-hydrogen) atoms. The van der Waals surface area contributed by atoms with Crippen LogP contribution in [-0.2, 0) is 22.6 Å². The molecular formula is C31H34Cl2N2O2S. The molecule has 4 nitrogen and oxygen atoms in total. The monoisotopic (exact) mass is 568 g/mol. The number of thioether (sulfide) groups is 1. The first-order valence-electron chi connectivity index (χ1n) is 13.2. The van der Waals surface area contributed by atoms with E-state index < -0.39 is 6.04 Å². The van der Waals surface area contributed by atoms with Crippen LogP contribution >= 0.6 is 35.0 Å². The summed E-state index contributed by atoms with van der Waals surface area (Å²) in [6.45, 7) is 2.22. The Kier molecular flexibility index (Phi) is 10.6. The first kappa shape index (κ1) is 28.5. The largest absolute Gasteiger partial charge is 0.352 e. The molecule has 200 valence electrons. The van der Waals surface area contributed by atoms with E-state index in [0.29, 0.717) is 34.2 Å². The van der Waals surface area contributed by atoms with Crippen LogP contribution in [0, 0.1) is 6.92 Å². The normalized spacial score (nSPS) is 14.3. The van der Waals surface area contributed by atoms with Gasteiger partial charge in [-0.1, -0.05) is 90.1 Å². The van der Waals surface area contributed by atoms with Gasteiger partial charge in [-0.2, -0.15) is 0 Å². The van der Waals surface area contributed by atoms with Gasteiger partial charge >= 0.3 is 0 Å². The standard InChI is InChI=1S/C31H34Cl2N2O2S/c1-22-14-16-25(17-15-22)38-19-18-30(36)35(21-26-27(32)12-7-13-28(26)33)29(20-23-8-3-2-4-9-23)31(37)34-24-10-5-6-11-24/h2-4,7-9,12-17,24,29H,5-6,10-11,18-21H2,1H3,(H,34,37)/t29-/m0/s1. The number of halogens is 2. The molecule has 3 aromatic rings. The number of carbonyl (C=O) groups is 2. The molecule has 0 heterocycles. The van der Waals surface area contributed by atoms with Crippen molar-refractivity contribution in [2.75, 3.05) is 5.75 Å². The lowest BCUT2D eigenvalue weighted by atomic mass is 10.0. The summed E-state index contributed by atoms with van der Waals surface area (Å²) in [6.07, 6.45) is 4.88. The molecule has 1 N–H and O–H groups in total. The van der Waals surface area contributed by atoms with Gasteiger partial charge in [-0.25, -0.2) is 0 Å². The highest BCUT2D eigenvalue weighted by Gasteiger charge is 2.32. The molecule has 1 aliphatic carbocycles. The first-order chi connectivity index (χ1) is 18.4. The molecule has 3 aromatic carbocycles. The molecule has 0 aromatic heterocycles. The van der Waals surface area contributed by atoms with Gasteiger partial charge in [-0.05, 0) is 49.6 Å². The van der Waals surface area contributed by atoms with Gasteiger partial charge in [0, 0.05) is 51.7 Å². The lowest BCUT2D eigenvalue weighted by Gasteiger charge is -2.33. The third kappa shape index (κ3) is 8.02. The minimum Gasteiger partial charge on any atom is -0.352 e. The lowest BCUT2D eigenvalue weighted by Crippen LogP contribution is -2.52. The van der Waals surface area contributed by atoms with E-state index >= 15 is 0 Å². The Bertz CT molecular complexity index is 1190. The predicted octanol–water partition coefficient (Wildman–Crippen LogP) is 7.48. The molecule has 0 spiro atoms. The van der Waals surface area contributed by atoms with E-state index in [4.69, 9.17) is 23.2 Å². The Morgan fingerprint density at radius 1 is 0.947 bits per heavy atom. The molecule has 1 saturated carbocycles. The van der Waals surface area contributed by atoms with Crippen LogP contribution in [0.2, 0.25) is 10.0 Å². The minimum atomic E-state index is -0.679. The summed E-state index contributed by atoms with van der Waals surface area (Å²) in [7, 11) is 0. The number of carbonyl (C=O) groups excluding carboxylic acids is 2. The van der Waals surface area contributed by atoms with E-state index in [2.05, 4.69) is 36.5 Å². The smallest absolute Gasteiger partial charge is 0.243 e. The summed E-state index contributed by atoms with van der Waals surface area (Å²) in [5.41, 5.74) is 2.85. The fraction of sp³-hybridized carbons (Fsp3) is 0.355. The summed E-state index contributed by atoms with van der Waals surface area (Å²) in [5, 5.41) is 4.20. The second kappa shape index (κ2) is 14.1. The number of hydrogen-bond acceptors (Lipinski definition) is 3. The van der Waals surface area contributed by atoms with Gasteiger partial charge in [-0.15, -0.1) is 11.8 Å². The van der Waals surface area contributed by atoms with Crippen molar-refractivity contribution in [3.8, 4) is 0 Å². The van der Waals surface area contributed by atoms with Crippen molar-refractivity contribution in [3.05, 3.63) is 99.5 Å². The van der Waals surface area contributed by atoms with Crippen LogP contribution in [0.4, 0.5) is 0 Å². The van der Waals surface area contributed by atoms with E-state index in [1.54, 1.807) is 34.9 Å². The Hall–Kier alpha value is -2.47. The van der Waals surface area contributed by atoms with Crippen LogP contribution in [0.5, 0.6) is 0 Å². The molecule has 0 bridgehead atoms. The van der Waals surface area contributed by atoms with Crippen LogP contribution in [-0.4, -0.2) is 34.6 Å². The van der Waals surface area contributed by atoms with Gasteiger partial charge in [0.2, 0.25) is 11.8 Å². The molecule has 0 aliphatic heterocycles. The highest BCUT2D eigenvalue weighted by Crippen LogP contribution is 2.28. The van der Waals surface area contributed by atoms with E-state index in [0.717, 1.165) is 36.1 Å². The molecule has 0 saturated heterocycles. The summed E-state index contributed by atoms with van der Waals surface area (Å²) < 4.78 is 0. The molecule has 0 radical (unpaired) electrons. The summed E-state index contributed by atoms with van der Waals surface area (Å²) in [4.78, 5) is 30.4. The number of benzene rings is 3. The summed E-state index contributed by atoms with van der Waals surface area (Å²) >= 11 is 14.7. The predicted molar refractivity (Wildman–Crippen MR) is 158 cm³/mol. The van der Waals surface area contributed by atoms with Crippen molar-refractivity contribution in [2.24, 2.45) is 0 Å². The maximum Gasteiger partial charge on any atom is 0.243 e. The van der Waals surface area contributed by atoms with Crippen LogP contribution in [0.3, 0.4) is 0 Å². The van der Waals surface area contributed by atoms with Crippen LogP contribution < -0.4 is 5.32 Å². The van der Waals surface area contributed by atoms with Crippen molar-refractivity contribution in [3.63, 3.8) is 0 Å². The van der Waals surface area contributed by atoms with Gasteiger partial charge < -0.3 is 10.2 Å². The molecule has 0 unspecified atom stereocenters. The third-order valence-electron chi connectivity index (χ3n) is 6.97. The van der Waals surface area contributed by atoms with Gasteiger partial charge in [0.25, 0.3) is 0 Å². The van der Waals surface area contributed by atoms with Crippen molar-refractivity contribution < 1.29 is 9.59 Å². The van der Waals surface area contributed by atoms with E-state index in [-0.39, 0.29) is 24.4 Å². The van der Waals surface area contributed by atoms with Crippen molar-refractivity contribution in [1.29, 1.82) is 0 Å². The second-order valence-corrected chi connectivity index (χ2v) is 11.8. The molecule has 1 fully saturated rings. The average molecular weight is 570 g/mol. The van der Waals surface area contributed by atoms with Gasteiger partial charge in [0.05, 0.1) is 0 Å². The van der Waals surface area contributed by atoms with E-state index in [1.165, 1.54) is 5.56 Å². The molecular weight excluding hydrogens is 535 g/mol. The number of nitrogens with zero attached hydrogens (tertiary/aromatic N) is 1. The Labute approximate surface area is 240 Å². The molecule has 7 heteroatoms. The zero-order valence-corrected chi connectivity index (χ0v) is 24.0. The fourth-order valence-corrected chi connectivity index (χ4v) is 6.17. The molecule has 1 aliphatic rings. The number of aryl methyl sites for hydroxylation is 1. The maximum atomic E-state index is 13.8. The van der Waals surface area contributed by atoms with Gasteiger partial charge in [0.15, 0.2) is 0 Å². The van der Waals surface area contributed by atoms with Gasteiger partial charge in [0.1, 0.15) is 6.04 Å². The minimum absolute atomic E-state index is 0.0944. The number of nitrogens with one attached hydrogen (secondary N) is 1. The van der Waals surface area contributed by atoms with Crippen molar-refractivity contribution in [2.45, 2.75) is 69.0 Å². The summed E-state index contributed by atoms with van der Waals surface area (Å²) in [6, 6.07) is 22.9. The van der Waals surface area contributed by atoms with Gasteiger partial charge in [-0.3, -0.25) is 9.59 Å². The zero-order chi connectivity index (χ0) is 26.9. The Morgan fingerprint density at radius 3 is 2.26 bits per heavy atom. The third-order valence-corrected chi connectivity index (χ3v) is 8.69. The van der Waals surface area contributed by atoms with Crippen molar-refractivity contribution >= 4 is 46.8 Å². The highest BCUT2D eigenvalue weighted by molar-refractivity contribution is 7.99. The van der Waals surface area contributed by atoms with E-state index in [9.17, 15) is 9.59 Å². The Morgan fingerprint density at radius 2 is 1.61 bits per heavy atom. The Balaban J connectivity index is 1.59. The number of rotatable bonds is 11.